The highest BCUT2D eigenvalue weighted by Gasteiger charge is 2.30. The quantitative estimate of drug-likeness (QED) is 0.811. The fraction of sp³-hybridized carbons (Fsp3) is 0.600. The molecule has 1 aromatic rings. The topological polar surface area (TPSA) is 20.2 Å². The normalized spacial score (nSPS) is 15.7. The summed E-state index contributed by atoms with van der Waals surface area (Å²) in [6, 6.07) is 6.54. The first-order valence-corrected chi connectivity index (χ1v) is 7.00. The van der Waals surface area contributed by atoms with Crippen LogP contribution >= 0.6 is 11.8 Å². The number of aliphatic hydroxyl groups excluding tert-OH is 1. The molecular formula is C15H24OS. The Bertz CT molecular complexity index is 383. The van der Waals surface area contributed by atoms with Crippen LogP contribution in [0.15, 0.2) is 23.1 Å². The van der Waals surface area contributed by atoms with Crippen LogP contribution in [0.5, 0.6) is 0 Å². The van der Waals surface area contributed by atoms with Crippen LogP contribution in [0.2, 0.25) is 0 Å². The average Bonchev–Trinajstić information content (AvgIpc) is 2.21. The minimum atomic E-state index is -0.275. The van der Waals surface area contributed by atoms with Crippen LogP contribution in [0, 0.1) is 19.8 Å². The largest absolute Gasteiger partial charge is 0.393 e. The van der Waals surface area contributed by atoms with Gasteiger partial charge in [0.15, 0.2) is 0 Å². The first kappa shape index (κ1) is 14.6. The molecule has 1 rings (SSSR count). The van der Waals surface area contributed by atoms with Crippen LogP contribution < -0.4 is 0 Å². The molecule has 0 spiro atoms. The lowest BCUT2D eigenvalue weighted by atomic mass is 9.92. The lowest BCUT2D eigenvalue weighted by Crippen LogP contribution is -2.33. The molecule has 0 aliphatic carbocycles. The van der Waals surface area contributed by atoms with E-state index in [9.17, 15) is 5.11 Å². The second-order valence-corrected chi connectivity index (χ2v) is 7.20. The van der Waals surface area contributed by atoms with E-state index in [4.69, 9.17) is 0 Å². The molecule has 1 aromatic carbocycles. The highest BCUT2D eigenvalue weighted by atomic mass is 32.2. The number of hydrogen-bond acceptors (Lipinski definition) is 2. The summed E-state index contributed by atoms with van der Waals surface area (Å²) in [4.78, 5) is 1.32. The first-order chi connectivity index (χ1) is 7.74. The molecule has 0 fully saturated rings. The molecule has 0 heterocycles. The van der Waals surface area contributed by atoms with Crippen molar-refractivity contribution in [2.24, 2.45) is 5.92 Å². The van der Waals surface area contributed by atoms with E-state index in [2.05, 4.69) is 52.8 Å². The van der Waals surface area contributed by atoms with Gasteiger partial charge in [-0.25, -0.2) is 0 Å². The van der Waals surface area contributed by atoms with Gasteiger partial charge in [0.25, 0.3) is 0 Å². The Balaban J connectivity index is 2.93. The molecule has 0 radical (unpaired) electrons. The molecule has 2 unspecified atom stereocenters. The monoisotopic (exact) mass is 252 g/mol. The highest BCUT2D eigenvalue weighted by molar-refractivity contribution is 8.00. The third-order valence-electron chi connectivity index (χ3n) is 3.54. The van der Waals surface area contributed by atoms with E-state index >= 15 is 0 Å². The van der Waals surface area contributed by atoms with E-state index in [0.717, 1.165) is 0 Å². The van der Waals surface area contributed by atoms with Gasteiger partial charge >= 0.3 is 0 Å². The molecule has 96 valence electrons. The second kappa shape index (κ2) is 5.45. The highest BCUT2D eigenvalue weighted by Crippen LogP contribution is 2.40. The van der Waals surface area contributed by atoms with Crippen molar-refractivity contribution >= 4 is 11.8 Å². The van der Waals surface area contributed by atoms with E-state index in [-0.39, 0.29) is 16.8 Å². The second-order valence-electron chi connectivity index (χ2n) is 5.50. The number of rotatable bonds is 4. The average molecular weight is 252 g/mol. The van der Waals surface area contributed by atoms with Crippen molar-refractivity contribution in [3.8, 4) is 0 Å². The Kier molecular flexibility index (Phi) is 4.68. The molecular weight excluding hydrogens is 228 g/mol. The third-order valence-corrected chi connectivity index (χ3v) is 5.09. The molecule has 0 amide bonds. The van der Waals surface area contributed by atoms with Crippen molar-refractivity contribution in [3.63, 3.8) is 0 Å². The van der Waals surface area contributed by atoms with Crippen LogP contribution in [0.3, 0.4) is 0 Å². The molecule has 0 saturated carbocycles. The summed E-state index contributed by atoms with van der Waals surface area (Å²) >= 11 is 1.86. The molecule has 17 heavy (non-hydrogen) atoms. The maximum Gasteiger partial charge on any atom is 0.0550 e. The molecule has 0 saturated heterocycles. The minimum absolute atomic E-state index is 0.0344. The van der Waals surface area contributed by atoms with Gasteiger partial charge in [0, 0.05) is 9.64 Å². The van der Waals surface area contributed by atoms with Crippen molar-refractivity contribution in [3.05, 3.63) is 29.3 Å². The van der Waals surface area contributed by atoms with Crippen molar-refractivity contribution < 1.29 is 5.11 Å². The van der Waals surface area contributed by atoms with Gasteiger partial charge in [0.2, 0.25) is 0 Å². The summed E-state index contributed by atoms with van der Waals surface area (Å²) in [6.45, 7) is 12.7. The van der Waals surface area contributed by atoms with E-state index in [1.54, 1.807) is 0 Å². The van der Waals surface area contributed by atoms with E-state index in [1.165, 1.54) is 16.0 Å². The van der Waals surface area contributed by atoms with Crippen LogP contribution in [-0.4, -0.2) is 16.0 Å². The molecule has 0 bridgehead atoms. The van der Waals surface area contributed by atoms with Crippen LogP contribution in [0.4, 0.5) is 0 Å². The fourth-order valence-corrected chi connectivity index (χ4v) is 3.20. The van der Waals surface area contributed by atoms with Crippen LogP contribution in [0.1, 0.15) is 38.8 Å². The molecule has 2 heteroatoms. The third kappa shape index (κ3) is 3.75. The standard InChI is InChI=1S/C15H24OS/c1-10-7-8-11(2)14(9-10)17-15(5,6)12(3)13(4)16/h7-9,12-13,16H,1-6H3. The van der Waals surface area contributed by atoms with Crippen molar-refractivity contribution in [2.45, 2.75) is 57.3 Å². The number of hydrogen-bond donors (Lipinski definition) is 1. The Morgan fingerprint density at radius 1 is 1.18 bits per heavy atom. The van der Waals surface area contributed by atoms with Gasteiger partial charge in [-0.2, -0.15) is 0 Å². The number of benzene rings is 1. The summed E-state index contributed by atoms with van der Waals surface area (Å²) in [5, 5.41) is 9.75. The number of thioether (sulfide) groups is 1. The zero-order chi connectivity index (χ0) is 13.2. The lowest BCUT2D eigenvalue weighted by Gasteiger charge is -2.33. The lowest BCUT2D eigenvalue weighted by molar-refractivity contribution is 0.118. The zero-order valence-electron chi connectivity index (χ0n) is 11.7. The molecule has 1 N–H and O–H groups in total. The van der Waals surface area contributed by atoms with Gasteiger partial charge in [-0.15, -0.1) is 11.8 Å². The Morgan fingerprint density at radius 3 is 2.29 bits per heavy atom. The molecule has 1 nitrogen and oxygen atoms in total. The Hall–Kier alpha value is -0.470. The molecule has 2 atom stereocenters. The van der Waals surface area contributed by atoms with Gasteiger partial charge < -0.3 is 5.11 Å². The maximum absolute atomic E-state index is 9.75. The van der Waals surface area contributed by atoms with Gasteiger partial charge in [0.1, 0.15) is 0 Å². The number of aryl methyl sites for hydroxylation is 2. The fourth-order valence-electron chi connectivity index (χ4n) is 1.77. The summed E-state index contributed by atoms with van der Waals surface area (Å²) in [7, 11) is 0. The summed E-state index contributed by atoms with van der Waals surface area (Å²) in [5.74, 6) is 0.257. The van der Waals surface area contributed by atoms with Crippen molar-refractivity contribution in [1.29, 1.82) is 0 Å². The summed E-state index contributed by atoms with van der Waals surface area (Å²) < 4.78 is 0.0344. The zero-order valence-corrected chi connectivity index (χ0v) is 12.6. The van der Waals surface area contributed by atoms with E-state index < -0.39 is 0 Å². The molecule has 0 aromatic heterocycles. The van der Waals surface area contributed by atoms with E-state index in [1.807, 2.05) is 18.7 Å². The van der Waals surface area contributed by atoms with Gasteiger partial charge in [-0.1, -0.05) is 24.6 Å². The van der Waals surface area contributed by atoms with Crippen LogP contribution in [-0.2, 0) is 0 Å². The number of aliphatic hydroxyl groups is 1. The van der Waals surface area contributed by atoms with Gasteiger partial charge in [0.05, 0.1) is 6.10 Å². The summed E-state index contributed by atoms with van der Waals surface area (Å²) in [6.07, 6.45) is -0.275. The molecule has 0 aliphatic heterocycles. The van der Waals surface area contributed by atoms with Crippen molar-refractivity contribution in [2.75, 3.05) is 0 Å². The van der Waals surface area contributed by atoms with Gasteiger partial charge in [-0.3, -0.25) is 0 Å². The molecule has 0 aliphatic rings. The minimum Gasteiger partial charge on any atom is -0.393 e. The smallest absolute Gasteiger partial charge is 0.0550 e. The Morgan fingerprint density at radius 2 is 1.76 bits per heavy atom. The summed E-state index contributed by atoms with van der Waals surface area (Å²) in [5.41, 5.74) is 2.60. The SMILES string of the molecule is Cc1ccc(C)c(SC(C)(C)C(C)C(C)O)c1. The maximum atomic E-state index is 9.75. The Labute approximate surface area is 110 Å². The predicted molar refractivity (Wildman–Crippen MR) is 76.7 cm³/mol. The van der Waals surface area contributed by atoms with Crippen LogP contribution in [0.25, 0.3) is 0 Å². The predicted octanol–water partition coefficient (Wildman–Crippen LogP) is 4.19. The van der Waals surface area contributed by atoms with Gasteiger partial charge in [-0.05, 0) is 52.2 Å². The van der Waals surface area contributed by atoms with Crippen molar-refractivity contribution in [1.82, 2.24) is 0 Å². The first-order valence-electron chi connectivity index (χ1n) is 6.18. The van der Waals surface area contributed by atoms with E-state index in [0.29, 0.717) is 0 Å².